The van der Waals surface area contributed by atoms with Crippen LogP contribution in [0.2, 0.25) is 0 Å². The molecule has 0 radical (unpaired) electrons. The Bertz CT molecular complexity index is 511. The van der Waals surface area contributed by atoms with E-state index in [-0.39, 0.29) is 0 Å². The van der Waals surface area contributed by atoms with E-state index in [0.717, 1.165) is 49.8 Å². The summed E-state index contributed by atoms with van der Waals surface area (Å²) in [5.74, 6) is 1.80. The van der Waals surface area contributed by atoms with Crippen LogP contribution in [0.15, 0.2) is 23.2 Å². The van der Waals surface area contributed by atoms with E-state index in [2.05, 4.69) is 40.7 Å². The lowest BCUT2D eigenvalue weighted by atomic mass is 10.1. The second-order valence-electron chi connectivity index (χ2n) is 5.90. The molecule has 5 nitrogen and oxygen atoms in total. The van der Waals surface area contributed by atoms with Gasteiger partial charge in [-0.25, -0.2) is 0 Å². The van der Waals surface area contributed by atoms with E-state index in [1.165, 1.54) is 18.4 Å². The molecule has 1 saturated heterocycles. The highest BCUT2D eigenvalue weighted by molar-refractivity contribution is 5.79. The molecule has 1 aromatic carbocycles. The molecular formula is C18H29N3O2. The van der Waals surface area contributed by atoms with E-state index in [1.807, 2.05) is 0 Å². The van der Waals surface area contributed by atoms with Crippen LogP contribution >= 0.6 is 0 Å². The highest BCUT2D eigenvalue weighted by Gasteiger charge is 2.14. The summed E-state index contributed by atoms with van der Waals surface area (Å²) in [5.41, 5.74) is 2.42. The van der Waals surface area contributed by atoms with Crippen molar-refractivity contribution < 1.29 is 9.47 Å². The number of methoxy groups -OCH3 is 1. The van der Waals surface area contributed by atoms with Gasteiger partial charge in [-0.05, 0) is 49.8 Å². The molecule has 1 aliphatic heterocycles. The van der Waals surface area contributed by atoms with Crippen LogP contribution in [0.3, 0.4) is 0 Å². The summed E-state index contributed by atoms with van der Waals surface area (Å²) in [6, 6.07) is 6.35. The second-order valence-corrected chi connectivity index (χ2v) is 5.90. The average Bonchev–Trinajstić information content (AvgIpc) is 3.08. The molecule has 1 atom stereocenters. The molecule has 1 aromatic rings. The van der Waals surface area contributed by atoms with E-state index in [1.54, 1.807) is 14.2 Å². The van der Waals surface area contributed by atoms with Crippen LogP contribution in [0, 0.1) is 6.92 Å². The summed E-state index contributed by atoms with van der Waals surface area (Å²) < 4.78 is 11.0. The first-order chi connectivity index (χ1) is 11.2. The van der Waals surface area contributed by atoms with Gasteiger partial charge in [0.05, 0.1) is 13.2 Å². The molecule has 2 rings (SSSR count). The molecular weight excluding hydrogens is 290 g/mol. The lowest BCUT2D eigenvalue weighted by molar-refractivity contribution is 0.105. The number of nitrogens with zero attached hydrogens (tertiary/aromatic N) is 1. The van der Waals surface area contributed by atoms with Crippen molar-refractivity contribution in [2.24, 2.45) is 4.99 Å². The molecule has 0 aromatic heterocycles. The average molecular weight is 319 g/mol. The molecule has 0 saturated carbocycles. The Morgan fingerprint density at radius 1 is 1.35 bits per heavy atom. The Hall–Kier alpha value is -1.75. The topological polar surface area (TPSA) is 54.9 Å². The van der Waals surface area contributed by atoms with Crippen molar-refractivity contribution in [3.63, 3.8) is 0 Å². The van der Waals surface area contributed by atoms with Gasteiger partial charge in [-0.3, -0.25) is 4.99 Å². The zero-order valence-electron chi connectivity index (χ0n) is 14.5. The number of hydrogen-bond donors (Lipinski definition) is 2. The fourth-order valence-corrected chi connectivity index (χ4v) is 2.79. The Morgan fingerprint density at radius 3 is 2.87 bits per heavy atom. The number of aliphatic imine (C=N–C) groups is 1. The van der Waals surface area contributed by atoms with Gasteiger partial charge in [-0.15, -0.1) is 0 Å². The maximum absolute atomic E-state index is 5.63. The van der Waals surface area contributed by atoms with E-state index >= 15 is 0 Å². The normalized spacial score (nSPS) is 18.0. The van der Waals surface area contributed by atoms with Crippen LogP contribution in [0.25, 0.3) is 0 Å². The highest BCUT2D eigenvalue weighted by Crippen LogP contribution is 2.19. The first-order valence-electron chi connectivity index (χ1n) is 8.42. The third-order valence-electron chi connectivity index (χ3n) is 4.18. The SMILES string of the molecule is CN=C(NCCc1ccc(C)c(OC)c1)NCCC1CCCO1. The Morgan fingerprint density at radius 2 is 2.17 bits per heavy atom. The molecule has 0 aliphatic carbocycles. The van der Waals surface area contributed by atoms with Crippen LogP contribution < -0.4 is 15.4 Å². The molecule has 0 amide bonds. The van der Waals surface area contributed by atoms with Crippen molar-refractivity contribution in [1.82, 2.24) is 10.6 Å². The summed E-state index contributed by atoms with van der Waals surface area (Å²) in [7, 11) is 3.51. The Kier molecular flexibility index (Phi) is 7.20. The van der Waals surface area contributed by atoms with Gasteiger partial charge < -0.3 is 20.1 Å². The fourth-order valence-electron chi connectivity index (χ4n) is 2.79. The molecule has 2 N–H and O–H groups in total. The number of guanidine groups is 1. The van der Waals surface area contributed by atoms with Gasteiger partial charge in [0.15, 0.2) is 5.96 Å². The maximum Gasteiger partial charge on any atom is 0.190 e. The summed E-state index contributed by atoms with van der Waals surface area (Å²) in [6.45, 7) is 4.70. The molecule has 1 unspecified atom stereocenters. The zero-order valence-corrected chi connectivity index (χ0v) is 14.5. The largest absolute Gasteiger partial charge is 0.496 e. The summed E-state index contributed by atoms with van der Waals surface area (Å²) in [4.78, 5) is 4.26. The Labute approximate surface area is 139 Å². The minimum Gasteiger partial charge on any atom is -0.496 e. The number of rotatable bonds is 7. The smallest absolute Gasteiger partial charge is 0.190 e. The van der Waals surface area contributed by atoms with E-state index in [0.29, 0.717) is 6.10 Å². The van der Waals surface area contributed by atoms with Crippen LogP contribution in [-0.2, 0) is 11.2 Å². The fraction of sp³-hybridized carbons (Fsp3) is 0.611. The molecule has 1 heterocycles. The van der Waals surface area contributed by atoms with Gasteiger partial charge in [0.2, 0.25) is 0 Å². The maximum atomic E-state index is 5.63. The number of ether oxygens (including phenoxy) is 2. The summed E-state index contributed by atoms with van der Waals surface area (Å²) in [5, 5.41) is 6.70. The van der Waals surface area contributed by atoms with E-state index in [4.69, 9.17) is 9.47 Å². The molecule has 5 heteroatoms. The molecule has 0 spiro atoms. The predicted molar refractivity (Wildman–Crippen MR) is 94.4 cm³/mol. The van der Waals surface area contributed by atoms with Crippen molar-refractivity contribution in [1.29, 1.82) is 0 Å². The van der Waals surface area contributed by atoms with Crippen molar-refractivity contribution in [2.75, 3.05) is 33.9 Å². The van der Waals surface area contributed by atoms with Crippen LogP contribution in [-0.4, -0.2) is 45.9 Å². The van der Waals surface area contributed by atoms with Crippen LogP contribution in [0.4, 0.5) is 0 Å². The van der Waals surface area contributed by atoms with Gasteiger partial charge in [0.25, 0.3) is 0 Å². The molecule has 1 fully saturated rings. The predicted octanol–water partition coefficient (Wildman–Crippen LogP) is 2.28. The van der Waals surface area contributed by atoms with Crippen LogP contribution in [0.1, 0.15) is 30.4 Å². The molecule has 1 aliphatic rings. The van der Waals surface area contributed by atoms with Crippen molar-refractivity contribution in [3.8, 4) is 5.75 Å². The first-order valence-corrected chi connectivity index (χ1v) is 8.42. The van der Waals surface area contributed by atoms with Crippen molar-refractivity contribution in [2.45, 2.75) is 38.7 Å². The summed E-state index contributed by atoms with van der Waals surface area (Å²) >= 11 is 0. The van der Waals surface area contributed by atoms with Gasteiger partial charge in [-0.2, -0.15) is 0 Å². The minimum atomic E-state index is 0.417. The number of aryl methyl sites for hydroxylation is 1. The molecule has 23 heavy (non-hydrogen) atoms. The number of benzene rings is 1. The van der Waals surface area contributed by atoms with E-state index in [9.17, 15) is 0 Å². The zero-order chi connectivity index (χ0) is 16.5. The van der Waals surface area contributed by atoms with Crippen molar-refractivity contribution in [3.05, 3.63) is 29.3 Å². The van der Waals surface area contributed by atoms with Gasteiger partial charge in [0.1, 0.15) is 5.75 Å². The standard InChI is InChI=1S/C18H29N3O2/c1-14-6-7-15(13-17(14)22-3)8-10-20-18(19-2)21-11-9-16-5-4-12-23-16/h6-7,13,16H,4-5,8-12H2,1-3H3,(H2,19,20,21). The first kappa shape index (κ1) is 17.6. The van der Waals surface area contributed by atoms with Crippen molar-refractivity contribution >= 4 is 5.96 Å². The quantitative estimate of drug-likeness (QED) is 0.598. The minimum absolute atomic E-state index is 0.417. The molecule has 0 bridgehead atoms. The highest BCUT2D eigenvalue weighted by atomic mass is 16.5. The lowest BCUT2D eigenvalue weighted by Crippen LogP contribution is -2.39. The van der Waals surface area contributed by atoms with Gasteiger partial charge >= 0.3 is 0 Å². The summed E-state index contributed by atoms with van der Waals surface area (Å²) in [6.07, 6.45) is 4.76. The Balaban J connectivity index is 1.68. The monoisotopic (exact) mass is 319 g/mol. The molecule has 128 valence electrons. The second kappa shape index (κ2) is 9.40. The van der Waals surface area contributed by atoms with E-state index < -0.39 is 0 Å². The number of nitrogens with one attached hydrogen (secondary N) is 2. The third kappa shape index (κ3) is 5.75. The van der Waals surface area contributed by atoms with Gasteiger partial charge in [0, 0.05) is 26.7 Å². The lowest BCUT2D eigenvalue weighted by Gasteiger charge is -2.14. The third-order valence-corrected chi connectivity index (χ3v) is 4.18. The van der Waals surface area contributed by atoms with Crippen LogP contribution in [0.5, 0.6) is 5.75 Å². The number of hydrogen-bond acceptors (Lipinski definition) is 3. The van der Waals surface area contributed by atoms with Gasteiger partial charge in [-0.1, -0.05) is 12.1 Å².